The molecule has 0 radical (unpaired) electrons. The molecule has 9 nitrogen and oxygen atoms in total. The van der Waals surface area contributed by atoms with Gasteiger partial charge in [-0.3, -0.25) is 14.3 Å². The molecule has 2 unspecified atom stereocenters. The van der Waals surface area contributed by atoms with Crippen molar-refractivity contribution in [2.75, 3.05) is 20.1 Å². The monoisotopic (exact) mass is 466 g/mol. The van der Waals surface area contributed by atoms with Gasteiger partial charge in [0.05, 0.1) is 32.8 Å². The quantitative estimate of drug-likeness (QED) is 0.428. The Bertz CT molecular complexity index is 1380. The fraction of sp³-hybridized carbons (Fsp3) is 0.261. The van der Waals surface area contributed by atoms with E-state index in [0.29, 0.717) is 21.9 Å². The predicted octanol–water partition coefficient (Wildman–Crippen LogP) is 2.72. The van der Waals surface area contributed by atoms with Crippen LogP contribution in [-0.4, -0.2) is 68.9 Å². The van der Waals surface area contributed by atoms with Crippen molar-refractivity contribution in [2.45, 2.75) is 19.1 Å². The third-order valence-electron chi connectivity index (χ3n) is 5.73. The number of nitrogens with one attached hydrogen (secondary N) is 1. The summed E-state index contributed by atoms with van der Waals surface area (Å²) in [7, 11) is 1.59. The molecule has 170 valence electrons. The molecule has 1 aliphatic heterocycles. The summed E-state index contributed by atoms with van der Waals surface area (Å²) in [6, 6.07) is 10.6. The normalized spacial score (nSPS) is 18.2. The van der Waals surface area contributed by atoms with Crippen LogP contribution in [0.4, 0.5) is 4.79 Å². The van der Waals surface area contributed by atoms with Gasteiger partial charge in [-0.1, -0.05) is 0 Å². The maximum Gasteiger partial charge on any atom is 0.325 e. The lowest BCUT2D eigenvalue weighted by Crippen LogP contribution is -2.29. The summed E-state index contributed by atoms with van der Waals surface area (Å²) in [5.74, 6) is 0.899. The van der Waals surface area contributed by atoms with Crippen molar-refractivity contribution in [1.82, 2.24) is 19.8 Å². The zero-order valence-electron chi connectivity index (χ0n) is 18.0. The third-order valence-corrected chi connectivity index (χ3v) is 6.86. The van der Waals surface area contributed by atoms with Crippen LogP contribution in [0.25, 0.3) is 21.1 Å². The lowest BCUT2D eigenvalue weighted by Gasteiger charge is -2.13. The maximum absolute atomic E-state index is 12.8. The number of hydrogen-bond acceptors (Lipinski definition) is 7. The Labute approximate surface area is 192 Å². The van der Waals surface area contributed by atoms with E-state index >= 15 is 0 Å². The van der Waals surface area contributed by atoms with Gasteiger partial charge in [-0.2, -0.15) is 0 Å². The van der Waals surface area contributed by atoms with Crippen LogP contribution in [0.15, 0.2) is 42.6 Å². The SMILES string of the molecule is CNC(=O)n1c(C)cc2cc(Oc3ccnc4cc(C(=O)N5CC(O)C(O)C5)sc34)ccc21. The molecule has 2 amide bonds. The molecule has 1 aliphatic rings. The molecule has 5 rings (SSSR count). The lowest BCUT2D eigenvalue weighted by atomic mass is 10.2. The van der Waals surface area contributed by atoms with Crippen LogP contribution >= 0.6 is 11.3 Å². The second-order valence-electron chi connectivity index (χ2n) is 7.98. The second kappa shape index (κ2) is 8.14. The van der Waals surface area contributed by atoms with E-state index in [0.717, 1.165) is 21.3 Å². The van der Waals surface area contributed by atoms with Crippen LogP contribution < -0.4 is 10.1 Å². The van der Waals surface area contributed by atoms with E-state index in [-0.39, 0.29) is 25.0 Å². The molecule has 0 spiro atoms. The summed E-state index contributed by atoms with van der Waals surface area (Å²) in [6.07, 6.45) is -0.249. The number of aliphatic hydroxyl groups is 2. The predicted molar refractivity (Wildman–Crippen MR) is 124 cm³/mol. The standard InChI is InChI=1S/C23H22N4O5S/c1-12-7-13-8-14(3-4-16(13)27(12)23(31)24-2)32-19-5-6-25-15-9-20(33-21(15)19)22(30)26-10-17(28)18(29)11-26/h3-9,17-18,28-29H,10-11H2,1-2H3,(H,24,31). The first-order chi connectivity index (χ1) is 15.9. The van der Waals surface area contributed by atoms with Gasteiger partial charge in [0.15, 0.2) is 0 Å². The van der Waals surface area contributed by atoms with E-state index in [9.17, 15) is 19.8 Å². The highest BCUT2D eigenvalue weighted by Crippen LogP contribution is 2.36. The van der Waals surface area contributed by atoms with Gasteiger partial charge < -0.3 is 25.2 Å². The van der Waals surface area contributed by atoms with Crippen molar-refractivity contribution >= 4 is 44.4 Å². The van der Waals surface area contributed by atoms with Crippen LogP contribution in [0.1, 0.15) is 15.4 Å². The van der Waals surface area contributed by atoms with Crippen LogP contribution in [0.3, 0.4) is 0 Å². The first kappa shape index (κ1) is 21.4. The number of amides is 2. The molecule has 0 bridgehead atoms. The highest BCUT2D eigenvalue weighted by molar-refractivity contribution is 7.21. The summed E-state index contributed by atoms with van der Waals surface area (Å²) in [5, 5.41) is 23.0. The van der Waals surface area contributed by atoms with Gasteiger partial charge in [0.1, 0.15) is 11.5 Å². The highest BCUT2D eigenvalue weighted by Gasteiger charge is 2.33. The molecule has 2 atom stereocenters. The Hall–Kier alpha value is -3.47. The minimum Gasteiger partial charge on any atom is -0.456 e. The van der Waals surface area contributed by atoms with Crippen molar-refractivity contribution in [3.63, 3.8) is 0 Å². The Balaban J connectivity index is 1.45. The Kier molecular flexibility index (Phi) is 5.28. The Morgan fingerprint density at radius 2 is 1.91 bits per heavy atom. The van der Waals surface area contributed by atoms with Gasteiger partial charge in [-0.15, -0.1) is 11.3 Å². The number of carbonyl (C=O) groups is 2. The number of nitrogens with zero attached hydrogens (tertiary/aromatic N) is 3. The zero-order chi connectivity index (χ0) is 23.3. The number of aromatic nitrogens is 2. The van der Waals surface area contributed by atoms with Gasteiger partial charge in [0, 0.05) is 43.5 Å². The van der Waals surface area contributed by atoms with Gasteiger partial charge in [0.2, 0.25) is 0 Å². The number of hydrogen-bond donors (Lipinski definition) is 3. The number of β-amino-alcohol motifs (C(OH)–C–C–N with tert-alkyl or cyclic N) is 2. The number of rotatable bonds is 3. The molecule has 3 N–H and O–H groups in total. The van der Waals surface area contributed by atoms with Crippen molar-refractivity contribution in [3.05, 3.63) is 53.2 Å². The summed E-state index contributed by atoms with van der Waals surface area (Å²) in [4.78, 5) is 31.3. The van der Waals surface area contributed by atoms with Gasteiger partial charge in [-0.05, 0) is 37.3 Å². The minimum absolute atomic E-state index is 0.0974. The van der Waals surface area contributed by atoms with E-state index in [1.165, 1.54) is 16.2 Å². The van der Waals surface area contributed by atoms with Crippen LogP contribution in [0, 0.1) is 6.92 Å². The molecule has 3 aromatic heterocycles. The summed E-state index contributed by atoms with van der Waals surface area (Å²) < 4.78 is 8.47. The number of ether oxygens (including phenoxy) is 1. The van der Waals surface area contributed by atoms with Crippen LogP contribution in [0.5, 0.6) is 11.5 Å². The van der Waals surface area contributed by atoms with Crippen molar-refractivity contribution in [2.24, 2.45) is 0 Å². The molecular weight excluding hydrogens is 444 g/mol. The van der Waals surface area contributed by atoms with E-state index in [1.54, 1.807) is 36.0 Å². The van der Waals surface area contributed by atoms with Gasteiger partial charge in [0.25, 0.3) is 5.91 Å². The number of fused-ring (bicyclic) bond motifs is 2. The van der Waals surface area contributed by atoms with Crippen LogP contribution in [0.2, 0.25) is 0 Å². The number of thiophene rings is 1. The smallest absolute Gasteiger partial charge is 0.325 e. The molecular formula is C23H22N4O5S. The Morgan fingerprint density at radius 1 is 1.15 bits per heavy atom. The van der Waals surface area contributed by atoms with Crippen molar-refractivity contribution < 1.29 is 24.5 Å². The molecule has 4 aromatic rings. The number of carbonyl (C=O) groups excluding carboxylic acids is 2. The molecule has 33 heavy (non-hydrogen) atoms. The third kappa shape index (κ3) is 3.71. The van der Waals surface area contributed by atoms with Crippen molar-refractivity contribution in [1.29, 1.82) is 0 Å². The number of benzene rings is 1. The number of aryl methyl sites for hydroxylation is 1. The lowest BCUT2D eigenvalue weighted by molar-refractivity contribution is 0.0572. The summed E-state index contributed by atoms with van der Waals surface area (Å²) in [5.41, 5.74) is 2.22. The summed E-state index contributed by atoms with van der Waals surface area (Å²) in [6.45, 7) is 2.06. The van der Waals surface area contributed by atoms with Gasteiger partial charge in [-0.25, -0.2) is 4.79 Å². The maximum atomic E-state index is 12.8. The molecule has 1 aromatic carbocycles. The molecule has 0 aliphatic carbocycles. The molecule has 0 saturated carbocycles. The fourth-order valence-electron chi connectivity index (χ4n) is 4.09. The average Bonchev–Trinajstić information content (AvgIpc) is 3.47. The number of likely N-dealkylation sites (tertiary alicyclic amines) is 1. The zero-order valence-corrected chi connectivity index (χ0v) is 18.8. The topological polar surface area (TPSA) is 117 Å². The molecule has 1 saturated heterocycles. The van der Waals surface area contributed by atoms with E-state index in [1.807, 2.05) is 25.1 Å². The summed E-state index contributed by atoms with van der Waals surface area (Å²) >= 11 is 1.26. The molecule has 1 fully saturated rings. The van der Waals surface area contributed by atoms with E-state index in [4.69, 9.17) is 4.74 Å². The average molecular weight is 467 g/mol. The molecule has 4 heterocycles. The minimum atomic E-state index is -0.933. The largest absolute Gasteiger partial charge is 0.456 e. The van der Waals surface area contributed by atoms with E-state index in [2.05, 4.69) is 10.3 Å². The molecule has 10 heteroatoms. The fourth-order valence-corrected chi connectivity index (χ4v) is 5.13. The number of pyridine rings is 1. The van der Waals surface area contributed by atoms with Crippen molar-refractivity contribution in [3.8, 4) is 11.5 Å². The van der Waals surface area contributed by atoms with Gasteiger partial charge >= 0.3 is 6.03 Å². The van der Waals surface area contributed by atoms with Crippen LogP contribution in [-0.2, 0) is 0 Å². The first-order valence-corrected chi connectivity index (χ1v) is 11.2. The highest BCUT2D eigenvalue weighted by atomic mass is 32.1. The first-order valence-electron chi connectivity index (χ1n) is 10.4. The Morgan fingerprint density at radius 3 is 2.64 bits per heavy atom. The van der Waals surface area contributed by atoms with E-state index < -0.39 is 12.2 Å². The number of aliphatic hydroxyl groups excluding tert-OH is 2. The second-order valence-corrected chi connectivity index (χ2v) is 9.03.